The maximum atomic E-state index is 10.6. The number of allylic oxidation sites excluding steroid dienone is 2. The van der Waals surface area contributed by atoms with Gasteiger partial charge in [-0.05, 0) is 12.8 Å². The second-order valence-corrected chi connectivity index (χ2v) is 2.87. The van der Waals surface area contributed by atoms with Gasteiger partial charge in [0.25, 0.3) is 0 Å². The maximum Gasteiger partial charge on any atom is 0.330 e. The van der Waals surface area contributed by atoms with Crippen molar-refractivity contribution in [3.63, 3.8) is 0 Å². The van der Waals surface area contributed by atoms with E-state index in [1.54, 1.807) is 19.1 Å². The zero-order chi connectivity index (χ0) is 10.3. The SMILES string of the molecule is COC(=O)/C=C/C=C/[C@@H](C)[C@H](C)O. The minimum atomic E-state index is -0.380. The van der Waals surface area contributed by atoms with Gasteiger partial charge >= 0.3 is 5.97 Å². The Morgan fingerprint density at radius 2 is 2.00 bits per heavy atom. The van der Waals surface area contributed by atoms with Gasteiger partial charge in [-0.15, -0.1) is 0 Å². The van der Waals surface area contributed by atoms with E-state index < -0.39 is 0 Å². The molecule has 0 aromatic carbocycles. The quantitative estimate of drug-likeness (QED) is 0.407. The van der Waals surface area contributed by atoms with Gasteiger partial charge in [0.05, 0.1) is 13.2 Å². The number of esters is 1. The average molecular weight is 184 g/mol. The number of ether oxygens (including phenoxy) is 1. The summed E-state index contributed by atoms with van der Waals surface area (Å²) in [4.78, 5) is 10.6. The van der Waals surface area contributed by atoms with Crippen LogP contribution in [0.2, 0.25) is 0 Å². The zero-order valence-corrected chi connectivity index (χ0v) is 8.23. The molecule has 0 aromatic rings. The number of rotatable bonds is 4. The summed E-state index contributed by atoms with van der Waals surface area (Å²) in [6.45, 7) is 3.62. The van der Waals surface area contributed by atoms with Gasteiger partial charge in [-0.3, -0.25) is 0 Å². The first-order valence-electron chi connectivity index (χ1n) is 4.18. The minimum Gasteiger partial charge on any atom is -0.466 e. The Balaban J connectivity index is 3.87. The molecule has 0 heterocycles. The Bertz CT molecular complexity index is 204. The van der Waals surface area contributed by atoms with E-state index in [1.807, 2.05) is 13.0 Å². The van der Waals surface area contributed by atoms with E-state index in [0.717, 1.165) is 0 Å². The molecule has 0 fully saturated rings. The van der Waals surface area contributed by atoms with E-state index in [4.69, 9.17) is 5.11 Å². The fourth-order valence-corrected chi connectivity index (χ4v) is 0.602. The lowest BCUT2D eigenvalue weighted by Gasteiger charge is -2.07. The molecule has 13 heavy (non-hydrogen) atoms. The molecule has 0 saturated heterocycles. The predicted molar refractivity (Wildman–Crippen MR) is 51.1 cm³/mol. The van der Waals surface area contributed by atoms with Gasteiger partial charge in [0.15, 0.2) is 0 Å². The number of aliphatic hydroxyl groups excluding tert-OH is 1. The molecule has 3 heteroatoms. The summed E-state index contributed by atoms with van der Waals surface area (Å²) in [6.07, 6.45) is 6.08. The lowest BCUT2D eigenvalue weighted by atomic mass is 10.1. The molecule has 0 aliphatic heterocycles. The van der Waals surface area contributed by atoms with E-state index in [0.29, 0.717) is 0 Å². The van der Waals surface area contributed by atoms with Gasteiger partial charge in [0, 0.05) is 6.08 Å². The number of carbonyl (C=O) groups excluding carboxylic acids is 1. The molecule has 0 unspecified atom stereocenters. The summed E-state index contributed by atoms with van der Waals surface area (Å²) >= 11 is 0. The van der Waals surface area contributed by atoms with Gasteiger partial charge in [0.1, 0.15) is 0 Å². The summed E-state index contributed by atoms with van der Waals surface area (Å²) in [5.41, 5.74) is 0. The van der Waals surface area contributed by atoms with Crippen LogP contribution in [0, 0.1) is 5.92 Å². The Morgan fingerprint density at radius 3 is 2.46 bits per heavy atom. The van der Waals surface area contributed by atoms with Crippen LogP contribution in [0.25, 0.3) is 0 Å². The molecule has 0 aliphatic carbocycles. The molecular formula is C10H16O3. The molecule has 0 rings (SSSR count). The number of methoxy groups -OCH3 is 1. The molecule has 0 radical (unpaired) electrons. The van der Waals surface area contributed by atoms with E-state index in [9.17, 15) is 4.79 Å². The fraction of sp³-hybridized carbons (Fsp3) is 0.500. The monoisotopic (exact) mass is 184 g/mol. The third-order valence-corrected chi connectivity index (χ3v) is 1.72. The highest BCUT2D eigenvalue weighted by molar-refractivity contribution is 5.82. The number of aliphatic hydroxyl groups is 1. The molecule has 0 bridgehead atoms. The van der Waals surface area contributed by atoms with Crippen LogP contribution in [0.5, 0.6) is 0 Å². The van der Waals surface area contributed by atoms with Crippen molar-refractivity contribution in [1.82, 2.24) is 0 Å². The van der Waals surface area contributed by atoms with Crippen LogP contribution in [0.3, 0.4) is 0 Å². The smallest absolute Gasteiger partial charge is 0.330 e. The summed E-state index contributed by atoms with van der Waals surface area (Å²) in [6, 6.07) is 0. The molecule has 0 saturated carbocycles. The summed E-state index contributed by atoms with van der Waals surface area (Å²) in [5.74, 6) is -0.295. The van der Waals surface area contributed by atoms with Crippen molar-refractivity contribution in [3.05, 3.63) is 24.3 Å². The Labute approximate surface area is 78.7 Å². The number of hydrogen-bond donors (Lipinski definition) is 1. The van der Waals surface area contributed by atoms with Crippen LogP contribution in [-0.2, 0) is 9.53 Å². The first-order valence-corrected chi connectivity index (χ1v) is 4.18. The molecule has 2 atom stereocenters. The number of carbonyl (C=O) groups is 1. The normalized spacial score (nSPS) is 16.3. The summed E-state index contributed by atoms with van der Waals surface area (Å²) in [5, 5.41) is 9.11. The highest BCUT2D eigenvalue weighted by atomic mass is 16.5. The third-order valence-electron chi connectivity index (χ3n) is 1.72. The molecule has 0 amide bonds. The topological polar surface area (TPSA) is 46.5 Å². The van der Waals surface area contributed by atoms with Crippen LogP contribution >= 0.6 is 0 Å². The first kappa shape index (κ1) is 11.9. The Kier molecular flexibility index (Phi) is 5.89. The fourth-order valence-electron chi connectivity index (χ4n) is 0.602. The van der Waals surface area contributed by atoms with Crippen molar-refractivity contribution >= 4 is 5.97 Å². The van der Waals surface area contributed by atoms with Gasteiger partial charge in [-0.1, -0.05) is 25.2 Å². The molecule has 1 N–H and O–H groups in total. The van der Waals surface area contributed by atoms with E-state index in [1.165, 1.54) is 13.2 Å². The van der Waals surface area contributed by atoms with Gasteiger partial charge in [0.2, 0.25) is 0 Å². The van der Waals surface area contributed by atoms with E-state index in [-0.39, 0.29) is 18.0 Å². The zero-order valence-electron chi connectivity index (χ0n) is 8.23. The molecule has 0 aliphatic rings. The van der Waals surface area contributed by atoms with Crippen LogP contribution in [0.4, 0.5) is 0 Å². The first-order chi connectivity index (χ1) is 6.07. The molecular weight excluding hydrogens is 168 g/mol. The standard InChI is InChI=1S/C10H16O3/c1-8(9(2)11)6-4-5-7-10(12)13-3/h4-9,11H,1-3H3/b6-4+,7-5+/t8-,9+/m1/s1. The second kappa shape index (κ2) is 6.43. The molecule has 74 valence electrons. The van der Waals surface area contributed by atoms with Gasteiger partial charge in [-0.2, -0.15) is 0 Å². The van der Waals surface area contributed by atoms with Crippen molar-refractivity contribution in [2.45, 2.75) is 20.0 Å². The Hall–Kier alpha value is -1.09. The van der Waals surface area contributed by atoms with Crippen molar-refractivity contribution in [1.29, 1.82) is 0 Å². The molecule has 0 aromatic heterocycles. The van der Waals surface area contributed by atoms with Crippen molar-refractivity contribution in [2.24, 2.45) is 5.92 Å². The van der Waals surface area contributed by atoms with Crippen LogP contribution < -0.4 is 0 Å². The van der Waals surface area contributed by atoms with E-state index in [2.05, 4.69) is 4.74 Å². The third kappa shape index (κ3) is 6.11. The average Bonchev–Trinajstić information content (AvgIpc) is 2.11. The maximum absolute atomic E-state index is 10.6. The lowest BCUT2D eigenvalue weighted by molar-refractivity contribution is -0.134. The summed E-state index contributed by atoms with van der Waals surface area (Å²) < 4.78 is 4.40. The second-order valence-electron chi connectivity index (χ2n) is 2.87. The van der Waals surface area contributed by atoms with Gasteiger partial charge < -0.3 is 9.84 Å². The van der Waals surface area contributed by atoms with E-state index >= 15 is 0 Å². The predicted octanol–water partition coefficient (Wildman–Crippen LogP) is 1.29. The molecule has 0 spiro atoms. The Morgan fingerprint density at radius 1 is 1.38 bits per heavy atom. The minimum absolute atomic E-state index is 0.0855. The lowest BCUT2D eigenvalue weighted by Crippen LogP contribution is -2.09. The van der Waals surface area contributed by atoms with Crippen molar-refractivity contribution in [3.8, 4) is 0 Å². The largest absolute Gasteiger partial charge is 0.466 e. The van der Waals surface area contributed by atoms with Crippen molar-refractivity contribution < 1.29 is 14.6 Å². The highest BCUT2D eigenvalue weighted by Crippen LogP contribution is 2.03. The number of hydrogen-bond acceptors (Lipinski definition) is 3. The highest BCUT2D eigenvalue weighted by Gasteiger charge is 2.02. The van der Waals surface area contributed by atoms with Crippen LogP contribution in [0.15, 0.2) is 24.3 Å². The molecule has 3 nitrogen and oxygen atoms in total. The van der Waals surface area contributed by atoms with Crippen LogP contribution in [0.1, 0.15) is 13.8 Å². The summed E-state index contributed by atoms with van der Waals surface area (Å²) in [7, 11) is 1.33. The van der Waals surface area contributed by atoms with Gasteiger partial charge in [-0.25, -0.2) is 4.79 Å². The van der Waals surface area contributed by atoms with Crippen molar-refractivity contribution in [2.75, 3.05) is 7.11 Å². The van der Waals surface area contributed by atoms with Crippen LogP contribution in [-0.4, -0.2) is 24.3 Å².